The van der Waals surface area contributed by atoms with Gasteiger partial charge in [0.15, 0.2) is 5.65 Å². The van der Waals surface area contributed by atoms with Crippen LogP contribution in [0.25, 0.3) is 16.7 Å². The minimum Gasteiger partial charge on any atom is -0.478 e. The molecule has 9 heteroatoms. The van der Waals surface area contributed by atoms with Gasteiger partial charge in [-0.2, -0.15) is 10.2 Å². The van der Waals surface area contributed by atoms with Gasteiger partial charge in [0.25, 0.3) is 5.91 Å². The lowest BCUT2D eigenvalue weighted by Gasteiger charge is -2.07. The number of carbonyl (C=O) groups excluding carboxylic acids is 1. The average Bonchev–Trinajstić information content (AvgIpc) is 3.05. The Hall–Kier alpha value is -3.23. The van der Waals surface area contributed by atoms with E-state index in [1.165, 1.54) is 34.0 Å². The van der Waals surface area contributed by atoms with E-state index in [9.17, 15) is 14.7 Å². The van der Waals surface area contributed by atoms with Crippen molar-refractivity contribution in [2.24, 2.45) is 12.8 Å². The smallest absolute Gasteiger partial charge is 0.339 e. The van der Waals surface area contributed by atoms with E-state index in [2.05, 4.69) is 15.2 Å². The van der Waals surface area contributed by atoms with E-state index in [1.54, 1.807) is 7.05 Å². The highest BCUT2D eigenvalue weighted by atomic mass is 16.4. The number of nitrogens with zero attached hydrogens (tertiary/aromatic N) is 5. The van der Waals surface area contributed by atoms with Crippen molar-refractivity contribution < 1.29 is 14.7 Å². The lowest BCUT2D eigenvalue weighted by Crippen LogP contribution is -2.13. The maximum atomic E-state index is 11.4. The predicted molar refractivity (Wildman–Crippen MR) is 71.1 cm³/mol. The van der Waals surface area contributed by atoms with E-state index >= 15 is 0 Å². The Morgan fingerprint density at radius 2 is 2.10 bits per heavy atom. The van der Waals surface area contributed by atoms with Crippen molar-refractivity contribution >= 4 is 22.9 Å². The highest BCUT2D eigenvalue weighted by Gasteiger charge is 2.19. The van der Waals surface area contributed by atoms with Crippen molar-refractivity contribution in [2.75, 3.05) is 0 Å². The highest BCUT2D eigenvalue weighted by molar-refractivity contribution is 5.99. The van der Waals surface area contributed by atoms with Gasteiger partial charge in [-0.15, -0.1) is 0 Å². The van der Waals surface area contributed by atoms with E-state index in [4.69, 9.17) is 5.73 Å². The Balaban J connectivity index is 2.34. The van der Waals surface area contributed by atoms with E-state index < -0.39 is 11.9 Å². The van der Waals surface area contributed by atoms with Crippen LogP contribution >= 0.6 is 0 Å². The van der Waals surface area contributed by atoms with Gasteiger partial charge in [-0.3, -0.25) is 9.48 Å². The number of primary amides is 1. The third-order valence-electron chi connectivity index (χ3n) is 3.03. The number of aryl methyl sites for hydroxylation is 1. The minimum absolute atomic E-state index is 0.0418. The summed E-state index contributed by atoms with van der Waals surface area (Å²) >= 11 is 0. The minimum atomic E-state index is -1.15. The van der Waals surface area contributed by atoms with Crippen LogP contribution in [-0.2, 0) is 7.05 Å². The van der Waals surface area contributed by atoms with Crippen LogP contribution in [0.3, 0.4) is 0 Å². The monoisotopic (exact) mass is 286 g/mol. The molecular weight excluding hydrogens is 276 g/mol. The second-order valence-corrected chi connectivity index (χ2v) is 4.34. The summed E-state index contributed by atoms with van der Waals surface area (Å²) in [4.78, 5) is 26.6. The number of carboxylic acid groups (broad SMARTS) is 1. The first-order valence-corrected chi connectivity index (χ1v) is 5.89. The molecule has 0 aliphatic rings. The Morgan fingerprint density at radius 3 is 2.71 bits per heavy atom. The van der Waals surface area contributed by atoms with Crippen LogP contribution < -0.4 is 5.73 Å². The first-order chi connectivity index (χ1) is 9.99. The van der Waals surface area contributed by atoms with Crippen molar-refractivity contribution in [1.82, 2.24) is 24.5 Å². The number of hydrogen-bond donors (Lipinski definition) is 2. The zero-order chi connectivity index (χ0) is 15.1. The summed E-state index contributed by atoms with van der Waals surface area (Å²) in [6, 6.07) is 1.41. The number of aromatic carboxylic acids is 1. The number of pyridine rings is 1. The molecule has 0 spiro atoms. The van der Waals surface area contributed by atoms with Crippen molar-refractivity contribution in [2.45, 2.75) is 0 Å². The van der Waals surface area contributed by atoms with Crippen molar-refractivity contribution in [1.29, 1.82) is 0 Å². The number of nitrogens with two attached hydrogens (primary N) is 1. The number of aromatic nitrogens is 5. The fraction of sp³-hybridized carbons (Fsp3) is 0.0833. The summed E-state index contributed by atoms with van der Waals surface area (Å²) in [7, 11) is 1.69. The first-order valence-electron chi connectivity index (χ1n) is 5.89. The molecule has 0 bridgehead atoms. The molecule has 9 nitrogen and oxygen atoms in total. The van der Waals surface area contributed by atoms with Crippen LogP contribution in [0.5, 0.6) is 0 Å². The summed E-state index contributed by atoms with van der Waals surface area (Å²) in [5, 5.41) is 17.9. The largest absolute Gasteiger partial charge is 0.478 e. The number of rotatable bonds is 3. The number of hydrogen-bond acceptors (Lipinski definition) is 5. The quantitative estimate of drug-likeness (QED) is 0.694. The maximum Gasteiger partial charge on any atom is 0.339 e. The van der Waals surface area contributed by atoms with Crippen LogP contribution in [0.4, 0.5) is 0 Å². The second kappa shape index (κ2) is 4.40. The molecule has 0 atom stereocenters. The molecule has 0 aliphatic heterocycles. The summed E-state index contributed by atoms with van der Waals surface area (Å²) in [5.74, 6) is -1.85. The van der Waals surface area contributed by atoms with Gasteiger partial charge in [0.1, 0.15) is 11.3 Å². The summed E-state index contributed by atoms with van der Waals surface area (Å²) in [6.45, 7) is 0. The van der Waals surface area contributed by atoms with Gasteiger partial charge >= 0.3 is 5.97 Å². The molecule has 21 heavy (non-hydrogen) atoms. The van der Waals surface area contributed by atoms with E-state index in [-0.39, 0.29) is 16.9 Å². The number of fused-ring (bicyclic) bond motifs is 1. The third kappa shape index (κ3) is 1.91. The maximum absolute atomic E-state index is 11.4. The standard InChI is InChI=1S/C12H10N6O3/c1-17-11-6(5-15-17)9(7(4-14-11)12(20)21)18-3-2-8(16-18)10(13)19/h2-5H,1H3,(H2,13,19)(H,20,21). The topological polar surface area (TPSA) is 129 Å². The summed E-state index contributed by atoms with van der Waals surface area (Å²) in [6.07, 6.45) is 4.19. The lowest BCUT2D eigenvalue weighted by atomic mass is 10.2. The van der Waals surface area contributed by atoms with Crippen LogP contribution in [0.2, 0.25) is 0 Å². The van der Waals surface area contributed by atoms with Gasteiger partial charge in [0.05, 0.1) is 17.3 Å². The second-order valence-electron chi connectivity index (χ2n) is 4.34. The molecule has 3 rings (SSSR count). The van der Waals surface area contributed by atoms with E-state index in [0.717, 1.165) is 0 Å². The molecule has 3 heterocycles. The fourth-order valence-electron chi connectivity index (χ4n) is 2.07. The molecule has 0 saturated heterocycles. The molecule has 0 saturated carbocycles. The Bertz CT molecular complexity index is 878. The summed E-state index contributed by atoms with van der Waals surface area (Å²) in [5.41, 5.74) is 5.95. The zero-order valence-electron chi connectivity index (χ0n) is 10.9. The molecule has 3 N–H and O–H groups in total. The SMILES string of the molecule is Cn1ncc2c(-n3ccc(C(N)=O)n3)c(C(=O)O)cnc21. The van der Waals surface area contributed by atoms with Crippen molar-refractivity contribution in [3.63, 3.8) is 0 Å². The van der Waals surface area contributed by atoms with Gasteiger partial charge in [-0.05, 0) is 6.07 Å². The van der Waals surface area contributed by atoms with Gasteiger partial charge in [0, 0.05) is 19.4 Å². The normalized spacial score (nSPS) is 10.9. The molecule has 0 aliphatic carbocycles. The molecule has 1 amide bonds. The molecule has 106 valence electrons. The van der Waals surface area contributed by atoms with Crippen LogP contribution in [-0.4, -0.2) is 41.5 Å². The highest BCUT2D eigenvalue weighted by Crippen LogP contribution is 2.24. The Labute approximate surface area is 117 Å². The van der Waals surface area contributed by atoms with Crippen molar-refractivity contribution in [3.8, 4) is 5.69 Å². The molecule has 0 fully saturated rings. The van der Waals surface area contributed by atoms with Gasteiger partial charge in [-0.1, -0.05) is 0 Å². The van der Waals surface area contributed by atoms with Crippen LogP contribution in [0.1, 0.15) is 20.8 Å². The van der Waals surface area contributed by atoms with Gasteiger partial charge in [0.2, 0.25) is 0 Å². The van der Waals surface area contributed by atoms with Crippen LogP contribution in [0.15, 0.2) is 24.7 Å². The molecule has 0 unspecified atom stereocenters. The van der Waals surface area contributed by atoms with Gasteiger partial charge in [-0.25, -0.2) is 14.5 Å². The molecule has 3 aromatic rings. The molecule has 0 radical (unpaired) electrons. The Morgan fingerprint density at radius 1 is 1.33 bits per heavy atom. The van der Waals surface area contributed by atoms with Crippen molar-refractivity contribution in [3.05, 3.63) is 35.9 Å². The average molecular weight is 286 g/mol. The van der Waals surface area contributed by atoms with Gasteiger partial charge < -0.3 is 10.8 Å². The van der Waals surface area contributed by atoms with E-state index in [1.807, 2.05) is 0 Å². The number of amides is 1. The molecular formula is C12H10N6O3. The fourth-order valence-corrected chi connectivity index (χ4v) is 2.07. The first kappa shape index (κ1) is 12.8. The predicted octanol–water partition coefficient (Wildman–Crippen LogP) is -0.0489. The molecule has 3 aromatic heterocycles. The summed E-state index contributed by atoms with van der Waals surface area (Å²) < 4.78 is 2.80. The van der Waals surface area contributed by atoms with E-state index in [0.29, 0.717) is 11.0 Å². The lowest BCUT2D eigenvalue weighted by molar-refractivity contribution is 0.0696. The van der Waals surface area contributed by atoms with Crippen LogP contribution in [0, 0.1) is 0 Å². The molecule has 0 aromatic carbocycles. The number of carbonyl (C=O) groups is 2. The number of carboxylic acids is 1. The zero-order valence-corrected chi connectivity index (χ0v) is 10.9. The Kier molecular flexibility index (Phi) is 2.68. The third-order valence-corrected chi connectivity index (χ3v) is 3.03.